The molecule has 0 fully saturated rings. The van der Waals surface area contributed by atoms with Crippen molar-refractivity contribution in [1.29, 1.82) is 0 Å². The van der Waals surface area contributed by atoms with Crippen molar-refractivity contribution in [3.8, 4) is 0 Å². The van der Waals surface area contributed by atoms with E-state index in [0.717, 1.165) is 6.07 Å². The van der Waals surface area contributed by atoms with Crippen LogP contribution in [0, 0.1) is 0 Å². The van der Waals surface area contributed by atoms with Crippen molar-refractivity contribution in [3.05, 3.63) is 36.2 Å². The fraction of sp³-hybridized carbons (Fsp3) is 0.125. The lowest BCUT2D eigenvalue weighted by molar-refractivity contribution is -0.141. The highest BCUT2D eigenvalue weighted by atomic mass is 19.4. The molecule has 2 nitrogen and oxygen atoms in total. The maximum absolute atomic E-state index is 12.1. The standard InChI is InChI=1S/C8H7F3N2/c1-5(12)6-3-2-4-7(13-6)8(9,10)11/h2-4H,1,12H2. The van der Waals surface area contributed by atoms with Gasteiger partial charge in [-0.1, -0.05) is 12.6 Å². The Hall–Kier alpha value is -1.52. The normalized spacial score (nSPS) is 11.3. The monoisotopic (exact) mass is 188 g/mol. The summed E-state index contributed by atoms with van der Waals surface area (Å²) in [5, 5.41) is 0. The third kappa shape index (κ3) is 2.21. The van der Waals surface area contributed by atoms with Gasteiger partial charge in [0.05, 0.1) is 11.4 Å². The molecule has 70 valence electrons. The molecule has 0 aromatic carbocycles. The Morgan fingerprint density at radius 1 is 1.38 bits per heavy atom. The van der Waals surface area contributed by atoms with Crippen LogP contribution in [0.15, 0.2) is 24.8 Å². The lowest BCUT2D eigenvalue weighted by atomic mass is 10.2. The van der Waals surface area contributed by atoms with Crippen molar-refractivity contribution >= 4 is 5.70 Å². The number of rotatable bonds is 1. The predicted octanol–water partition coefficient (Wildman–Crippen LogP) is 2.03. The van der Waals surface area contributed by atoms with Crippen LogP contribution in [0.4, 0.5) is 13.2 Å². The van der Waals surface area contributed by atoms with E-state index in [2.05, 4.69) is 11.6 Å². The van der Waals surface area contributed by atoms with Crippen molar-refractivity contribution in [2.24, 2.45) is 5.73 Å². The second kappa shape index (κ2) is 3.08. The Bertz CT molecular complexity index is 330. The number of halogens is 3. The molecule has 2 N–H and O–H groups in total. The average molecular weight is 188 g/mol. The first-order chi connectivity index (χ1) is 5.91. The van der Waals surface area contributed by atoms with E-state index in [4.69, 9.17) is 5.73 Å². The van der Waals surface area contributed by atoms with Gasteiger partial charge in [-0.15, -0.1) is 0 Å². The van der Waals surface area contributed by atoms with Crippen LogP contribution in [-0.2, 0) is 6.18 Å². The van der Waals surface area contributed by atoms with Gasteiger partial charge in [0.25, 0.3) is 0 Å². The zero-order valence-electron chi connectivity index (χ0n) is 6.60. The molecule has 0 radical (unpaired) electrons. The van der Waals surface area contributed by atoms with Gasteiger partial charge in [0, 0.05) is 0 Å². The molecule has 0 saturated carbocycles. The summed E-state index contributed by atoms with van der Waals surface area (Å²) in [7, 11) is 0. The van der Waals surface area contributed by atoms with Gasteiger partial charge in [-0.25, -0.2) is 4.98 Å². The largest absolute Gasteiger partial charge is 0.433 e. The predicted molar refractivity (Wildman–Crippen MR) is 42.5 cm³/mol. The lowest BCUT2D eigenvalue weighted by Gasteiger charge is -2.06. The van der Waals surface area contributed by atoms with Crippen molar-refractivity contribution in [1.82, 2.24) is 4.98 Å². The summed E-state index contributed by atoms with van der Waals surface area (Å²) in [4.78, 5) is 3.29. The van der Waals surface area contributed by atoms with Crippen LogP contribution < -0.4 is 5.73 Å². The fourth-order valence-corrected chi connectivity index (χ4v) is 0.771. The molecule has 0 aliphatic heterocycles. The number of nitrogens with two attached hydrogens (primary N) is 1. The number of alkyl halides is 3. The molecule has 0 aliphatic carbocycles. The number of hydrogen-bond acceptors (Lipinski definition) is 2. The van der Waals surface area contributed by atoms with E-state index in [1.54, 1.807) is 0 Å². The molecule has 1 heterocycles. The van der Waals surface area contributed by atoms with Crippen LogP contribution in [0.25, 0.3) is 5.70 Å². The van der Waals surface area contributed by atoms with E-state index in [1.807, 2.05) is 0 Å². The summed E-state index contributed by atoms with van der Waals surface area (Å²) in [5.74, 6) is 0. The second-order valence-electron chi connectivity index (χ2n) is 2.43. The molecule has 0 atom stereocenters. The molecule has 0 spiro atoms. The minimum Gasteiger partial charge on any atom is -0.397 e. The number of nitrogens with zero attached hydrogens (tertiary/aromatic N) is 1. The molecular weight excluding hydrogens is 181 g/mol. The second-order valence-corrected chi connectivity index (χ2v) is 2.43. The van der Waals surface area contributed by atoms with Gasteiger partial charge in [-0.3, -0.25) is 0 Å². The molecule has 13 heavy (non-hydrogen) atoms. The zero-order chi connectivity index (χ0) is 10.1. The van der Waals surface area contributed by atoms with Crippen LogP contribution in [0.5, 0.6) is 0 Å². The van der Waals surface area contributed by atoms with Gasteiger partial charge in [0.15, 0.2) is 0 Å². The highest BCUT2D eigenvalue weighted by molar-refractivity contribution is 5.56. The van der Waals surface area contributed by atoms with Crippen LogP contribution in [0.2, 0.25) is 0 Å². The minimum atomic E-state index is -4.44. The number of pyridine rings is 1. The molecule has 5 heteroatoms. The first kappa shape index (κ1) is 9.57. The molecule has 1 aromatic heterocycles. The van der Waals surface area contributed by atoms with E-state index in [1.165, 1.54) is 12.1 Å². The third-order valence-electron chi connectivity index (χ3n) is 1.37. The summed E-state index contributed by atoms with van der Waals surface area (Å²) in [6, 6.07) is 3.49. The minimum absolute atomic E-state index is 0.0195. The molecule has 0 amide bonds. The van der Waals surface area contributed by atoms with Crippen LogP contribution in [0.3, 0.4) is 0 Å². The van der Waals surface area contributed by atoms with Gasteiger partial charge < -0.3 is 5.73 Å². The van der Waals surface area contributed by atoms with E-state index < -0.39 is 11.9 Å². The van der Waals surface area contributed by atoms with Gasteiger partial charge in [-0.2, -0.15) is 13.2 Å². The van der Waals surface area contributed by atoms with Crippen molar-refractivity contribution < 1.29 is 13.2 Å². The Labute approximate surface area is 72.9 Å². The smallest absolute Gasteiger partial charge is 0.397 e. The van der Waals surface area contributed by atoms with Crippen molar-refractivity contribution in [3.63, 3.8) is 0 Å². The van der Waals surface area contributed by atoms with Crippen LogP contribution in [-0.4, -0.2) is 4.98 Å². The average Bonchev–Trinajstić information content (AvgIpc) is 2.03. The summed E-state index contributed by atoms with van der Waals surface area (Å²) < 4.78 is 36.3. The van der Waals surface area contributed by atoms with Gasteiger partial charge in [0.1, 0.15) is 5.69 Å². The summed E-state index contributed by atoms with van der Waals surface area (Å²) >= 11 is 0. The quantitative estimate of drug-likeness (QED) is 0.732. The molecule has 0 saturated heterocycles. The maximum Gasteiger partial charge on any atom is 0.433 e. The Kier molecular flexibility index (Phi) is 2.27. The number of aromatic nitrogens is 1. The van der Waals surface area contributed by atoms with Gasteiger partial charge in [-0.05, 0) is 12.1 Å². The molecule has 0 aliphatic rings. The first-order valence-corrected chi connectivity index (χ1v) is 3.40. The van der Waals surface area contributed by atoms with E-state index in [0.29, 0.717) is 0 Å². The Morgan fingerprint density at radius 2 is 2.00 bits per heavy atom. The third-order valence-corrected chi connectivity index (χ3v) is 1.37. The Balaban J connectivity index is 3.13. The van der Waals surface area contributed by atoms with Crippen molar-refractivity contribution in [2.45, 2.75) is 6.18 Å². The zero-order valence-corrected chi connectivity index (χ0v) is 6.60. The summed E-state index contributed by atoms with van der Waals surface area (Å²) in [5.41, 5.74) is 4.31. The highest BCUT2D eigenvalue weighted by Gasteiger charge is 2.32. The number of hydrogen-bond donors (Lipinski definition) is 1. The van der Waals surface area contributed by atoms with Gasteiger partial charge >= 0.3 is 6.18 Å². The SMILES string of the molecule is C=C(N)c1cccc(C(F)(F)F)n1. The van der Waals surface area contributed by atoms with Crippen LogP contribution in [0.1, 0.15) is 11.4 Å². The highest BCUT2D eigenvalue weighted by Crippen LogP contribution is 2.27. The molecule has 1 rings (SSSR count). The molecule has 0 unspecified atom stereocenters. The van der Waals surface area contributed by atoms with E-state index in [9.17, 15) is 13.2 Å². The lowest BCUT2D eigenvalue weighted by Crippen LogP contribution is -2.09. The topological polar surface area (TPSA) is 38.9 Å². The Morgan fingerprint density at radius 3 is 2.46 bits per heavy atom. The molecule has 0 bridgehead atoms. The fourth-order valence-electron chi connectivity index (χ4n) is 0.771. The van der Waals surface area contributed by atoms with Crippen molar-refractivity contribution in [2.75, 3.05) is 0 Å². The maximum atomic E-state index is 12.1. The first-order valence-electron chi connectivity index (χ1n) is 3.40. The molecular formula is C8H7F3N2. The van der Waals surface area contributed by atoms with Crippen LogP contribution >= 0.6 is 0 Å². The van der Waals surface area contributed by atoms with E-state index in [-0.39, 0.29) is 11.4 Å². The summed E-state index contributed by atoms with van der Waals surface area (Å²) in [6.45, 7) is 3.30. The van der Waals surface area contributed by atoms with Gasteiger partial charge in [0.2, 0.25) is 0 Å². The molecule has 1 aromatic rings. The van der Waals surface area contributed by atoms with E-state index >= 15 is 0 Å². The summed E-state index contributed by atoms with van der Waals surface area (Å²) in [6.07, 6.45) is -4.44.